The number of carbonyl (C=O) groups excluding carboxylic acids is 2. The molecule has 4 rings (SSSR count). The Balaban J connectivity index is 1.92. The van der Waals surface area contributed by atoms with Gasteiger partial charge in [0.15, 0.2) is 0 Å². The second kappa shape index (κ2) is 11.7. The van der Waals surface area contributed by atoms with Gasteiger partial charge >= 0.3 is 11.9 Å². The summed E-state index contributed by atoms with van der Waals surface area (Å²) < 4.78 is 16.1. The Hall–Kier alpha value is -4.12. The molecule has 0 bridgehead atoms. The van der Waals surface area contributed by atoms with Crippen molar-refractivity contribution in [3.8, 4) is 5.75 Å². The fraction of sp³-hybridized carbons (Fsp3) is 0.250. The van der Waals surface area contributed by atoms with Gasteiger partial charge in [-0.25, -0.2) is 0 Å². The number of methoxy groups -OCH3 is 3. The first-order valence-corrected chi connectivity index (χ1v) is 12.3. The van der Waals surface area contributed by atoms with Crippen molar-refractivity contribution in [3.63, 3.8) is 0 Å². The molecule has 0 amide bonds. The molecule has 3 aromatic rings. The van der Waals surface area contributed by atoms with Crippen LogP contribution in [0, 0.1) is 11.8 Å². The highest BCUT2D eigenvalue weighted by atomic mass is 16.5. The molecule has 37 heavy (non-hydrogen) atoms. The van der Waals surface area contributed by atoms with Crippen LogP contribution < -0.4 is 4.74 Å². The fourth-order valence-corrected chi connectivity index (χ4v) is 5.27. The average Bonchev–Trinajstić information content (AvgIpc) is 2.95. The number of hydrogen-bond donors (Lipinski definition) is 0. The molecule has 5 heteroatoms. The lowest BCUT2D eigenvalue weighted by Gasteiger charge is -2.38. The number of benzene rings is 3. The van der Waals surface area contributed by atoms with E-state index in [-0.39, 0.29) is 23.8 Å². The largest absolute Gasteiger partial charge is 0.497 e. The van der Waals surface area contributed by atoms with Gasteiger partial charge < -0.3 is 14.2 Å². The van der Waals surface area contributed by atoms with Gasteiger partial charge in [-0.1, -0.05) is 85.0 Å². The molecule has 0 fully saturated rings. The first-order valence-electron chi connectivity index (χ1n) is 12.3. The van der Waals surface area contributed by atoms with Crippen LogP contribution in [-0.4, -0.2) is 33.3 Å². The van der Waals surface area contributed by atoms with E-state index in [1.54, 1.807) is 7.11 Å². The number of fused-ring (bicyclic) bond motifs is 1. The Morgan fingerprint density at radius 1 is 0.838 bits per heavy atom. The van der Waals surface area contributed by atoms with Crippen molar-refractivity contribution >= 4 is 23.6 Å². The van der Waals surface area contributed by atoms with Crippen molar-refractivity contribution < 1.29 is 23.8 Å². The molecule has 0 heterocycles. The minimum absolute atomic E-state index is 0.355. The van der Waals surface area contributed by atoms with Crippen LogP contribution >= 0.6 is 0 Å². The van der Waals surface area contributed by atoms with Crippen LogP contribution in [0.25, 0.3) is 11.6 Å². The lowest BCUT2D eigenvalue weighted by atomic mass is 9.64. The molecule has 0 aliphatic heterocycles. The molecular weight excluding hydrogens is 464 g/mol. The molecule has 1 unspecified atom stereocenters. The van der Waals surface area contributed by atoms with Gasteiger partial charge in [-0.05, 0) is 46.9 Å². The van der Waals surface area contributed by atoms with Gasteiger partial charge in [0.2, 0.25) is 0 Å². The quantitative estimate of drug-likeness (QED) is 0.344. The summed E-state index contributed by atoms with van der Waals surface area (Å²) in [6.45, 7) is 2.02. The van der Waals surface area contributed by atoms with E-state index in [1.807, 2.05) is 97.9 Å². The zero-order valence-electron chi connectivity index (χ0n) is 21.6. The summed E-state index contributed by atoms with van der Waals surface area (Å²) in [5.74, 6) is -2.00. The van der Waals surface area contributed by atoms with E-state index in [1.165, 1.54) is 14.2 Å². The average molecular weight is 497 g/mol. The normalized spacial score (nSPS) is 18.3. The standard InChI is InChI=1S/C32H32O5/c1-21-19-28(26(31(33)36-3)17-15-22-11-7-5-8-12-22)30(25-18-16-24(35-2)20-27(21)25)29(32(34)37-4)23-13-9-6-10-14-23/h5-20,26,28-30H,1-4H3/b17-15+/t26-,28+,29?,30-/m0/s1. The maximum absolute atomic E-state index is 13.4. The monoisotopic (exact) mass is 496 g/mol. The van der Waals surface area contributed by atoms with Crippen molar-refractivity contribution in [3.05, 3.63) is 113 Å². The molecule has 1 aliphatic carbocycles. The second-order valence-corrected chi connectivity index (χ2v) is 9.14. The van der Waals surface area contributed by atoms with Crippen molar-refractivity contribution in [2.75, 3.05) is 21.3 Å². The highest BCUT2D eigenvalue weighted by Crippen LogP contribution is 2.50. The Morgan fingerprint density at radius 2 is 1.49 bits per heavy atom. The lowest BCUT2D eigenvalue weighted by molar-refractivity contribution is -0.147. The van der Waals surface area contributed by atoms with E-state index in [2.05, 4.69) is 6.08 Å². The zero-order chi connectivity index (χ0) is 26.4. The minimum atomic E-state index is -0.634. The number of esters is 2. The molecule has 0 saturated heterocycles. The van der Waals surface area contributed by atoms with Gasteiger partial charge in [-0.15, -0.1) is 0 Å². The van der Waals surface area contributed by atoms with Gasteiger partial charge in [0.25, 0.3) is 0 Å². The predicted octanol–water partition coefficient (Wildman–Crippen LogP) is 6.27. The minimum Gasteiger partial charge on any atom is -0.497 e. The van der Waals surface area contributed by atoms with Crippen molar-refractivity contribution in [1.82, 2.24) is 0 Å². The number of hydrogen-bond acceptors (Lipinski definition) is 5. The Labute approximate surface area is 218 Å². The number of carbonyl (C=O) groups is 2. The smallest absolute Gasteiger partial charge is 0.313 e. The van der Waals surface area contributed by atoms with E-state index < -0.39 is 11.8 Å². The predicted molar refractivity (Wildman–Crippen MR) is 145 cm³/mol. The molecule has 0 N–H and O–H groups in total. The van der Waals surface area contributed by atoms with Crippen molar-refractivity contribution in [1.29, 1.82) is 0 Å². The summed E-state index contributed by atoms with van der Waals surface area (Å²) >= 11 is 0. The fourth-order valence-electron chi connectivity index (χ4n) is 5.27. The van der Waals surface area contributed by atoms with E-state index in [4.69, 9.17) is 14.2 Å². The number of allylic oxidation sites excluding steroid dienone is 2. The van der Waals surface area contributed by atoms with Crippen LogP contribution in [0.3, 0.4) is 0 Å². The molecular formula is C32H32O5. The van der Waals surface area contributed by atoms with Gasteiger partial charge in [0.1, 0.15) is 5.75 Å². The third-order valence-electron chi connectivity index (χ3n) is 7.06. The highest BCUT2D eigenvalue weighted by molar-refractivity contribution is 5.84. The van der Waals surface area contributed by atoms with E-state index in [0.29, 0.717) is 0 Å². The lowest BCUT2D eigenvalue weighted by Crippen LogP contribution is -2.35. The summed E-state index contributed by atoms with van der Waals surface area (Å²) in [7, 11) is 4.43. The molecule has 190 valence electrons. The summed E-state index contributed by atoms with van der Waals surface area (Å²) in [5, 5.41) is 0. The van der Waals surface area contributed by atoms with Crippen molar-refractivity contribution in [2.24, 2.45) is 11.8 Å². The maximum Gasteiger partial charge on any atom is 0.313 e. The Bertz CT molecular complexity index is 1290. The SMILES string of the molecule is COC(=O)C(c1ccccc1)[C@H]1c2ccc(OC)cc2C(C)=C[C@@H]1[C@H](/C=C/c1ccccc1)C(=O)OC. The molecule has 0 saturated carbocycles. The molecule has 1 aliphatic rings. The highest BCUT2D eigenvalue weighted by Gasteiger charge is 2.44. The summed E-state index contributed by atoms with van der Waals surface area (Å²) in [6.07, 6.45) is 5.90. The Morgan fingerprint density at radius 3 is 2.11 bits per heavy atom. The van der Waals surface area contributed by atoms with Crippen LogP contribution in [0.4, 0.5) is 0 Å². The molecule has 3 aromatic carbocycles. The summed E-state index contributed by atoms with van der Waals surface area (Å²) in [5.41, 5.74) is 4.76. The number of rotatable bonds is 8. The maximum atomic E-state index is 13.4. The summed E-state index contributed by atoms with van der Waals surface area (Å²) in [4.78, 5) is 26.7. The van der Waals surface area contributed by atoms with Crippen LogP contribution in [-0.2, 0) is 19.1 Å². The van der Waals surface area contributed by atoms with E-state index in [9.17, 15) is 9.59 Å². The van der Waals surface area contributed by atoms with Crippen LogP contribution in [0.1, 0.15) is 41.0 Å². The molecule has 4 atom stereocenters. The Kier molecular flexibility index (Phi) is 8.24. The number of ether oxygens (including phenoxy) is 3. The second-order valence-electron chi connectivity index (χ2n) is 9.14. The van der Waals surface area contributed by atoms with Crippen LogP contribution in [0.5, 0.6) is 5.75 Å². The van der Waals surface area contributed by atoms with Crippen LogP contribution in [0.2, 0.25) is 0 Å². The molecule has 0 aromatic heterocycles. The first kappa shape index (κ1) is 26.0. The third-order valence-corrected chi connectivity index (χ3v) is 7.06. The topological polar surface area (TPSA) is 61.8 Å². The van der Waals surface area contributed by atoms with Crippen LogP contribution in [0.15, 0.2) is 91.0 Å². The molecule has 5 nitrogen and oxygen atoms in total. The molecule has 0 radical (unpaired) electrons. The van der Waals surface area contributed by atoms with Gasteiger partial charge in [-0.3, -0.25) is 9.59 Å². The van der Waals surface area contributed by atoms with E-state index >= 15 is 0 Å². The van der Waals surface area contributed by atoms with Gasteiger partial charge in [0, 0.05) is 11.8 Å². The van der Waals surface area contributed by atoms with Gasteiger partial charge in [0.05, 0.1) is 33.2 Å². The zero-order valence-corrected chi connectivity index (χ0v) is 21.6. The third kappa shape index (κ3) is 5.51. The van der Waals surface area contributed by atoms with E-state index in [0.717, 1.165) is 33.6 Å². The van der Waals surface area contributed by atoms with Gasteiger partial charge in [-0.2, -0.15) is 0 Å². The molecule has 0 spiro atoms. The first-order chi connectivity index (χ1) is 18.0. The van der Waals surface area contributed by atoms with Crippen molar-refractivity contribution in [2.45, 2.75) is 18.8 Å². The summed E-state index contributed by atoms with van der Waals surface area (Å²) in [6, 6.07) is 25.3.